The molecule has 1 heterocycles. The van der Waals surface area contributed by atoms with Crippen molar-refractivity contribution in [3.05, 3.63) is 76.5 Å². The van der Waals surface area contributed by atoms with E-state index in [9.17, 15) is 9.59 Å². The minimum absolute atomic E-state index is 0.248. The molecule has 1 aliphatic rings. The maximum atomic E-state index is 12.6. The van der Waals surface area contributed by atoms with Gasteiger partial charge in [0.25, 0.3) is 0 Å². The van der Waals surface area contributed by atoms with Crippen LogP contribution in [0.5, 0.6) is 5.75 Å². The highest BCUT2D eigenvalue weighted by Crippen LogP contribution is 2.34. The van der Waals surface area contributed by atoms with Gasteiger partial charge in [0.15, 0.2) is 5.17 Å². The van der Waals surface area contributed by atoms with Gasteiger partial charge in [0.2, 0.25) is 0 Å². The number of esters is 1. The number of carbonyl (C=O) groups is 2. The van der Waals surface area contributed by atoms with E-state index in [2.05, 4.69) is 5.32 Å². The van der Waals surface area contributed by atoms with Crippen molar-refractivity contribution < 1.29 is 24.2 Å². The van der Waals surface area contributed by atoms with E-state index in [1.807, 2.05) is 31.2 Å². The molecule has 0 spiro atoms. The third-order valence-corrected chi connectivity index (χ3v) is 5.66. The van der Waals surface area contributed by atoms with E-state index < -0.39 is 18.0 Å². The third-order valence-electron chi connectivity index (χ3n) is 4.70. The smallest absolute Gasteiger partial charge is 0.338 e. The summed E-state index contributed by atoms with van der Waals surface area (Å²) in [5, 5.41) is 12.9. The molecule has 2 aromatic rings. The number of methoxy groups -OCH3 is 1. The average molecular weight is 441 g/mol. The number of carboxylic acid groups (broad SMARTS) is 1. The fourth-order valence-electron chi connectivity index (χ4n) is 3.14. The Morgan fingerprint density at radius 1 is 1.19 bits per heavy atom. The normalized spacial score (nSPS) is 15.7. The predicted molar refractivity (Wildman–Crippen MR) is 120 cm³/mol. The van der Waals surface area contributed by atoms with Gasteiger partial charge in [-0.15, -0.1) is 0 Å². The molecule has 8 heteroatoms. The molecule has 31 heavy (non-hydrogen) atoms. The lowest BCUT2D eigenvalue weighted by molar-refractivity contribution is -0.138. The monoisotopic (exact) mass is 440 g/mol. The number of aliphatic imine (C=N–C) groups is 1. The first-order valence-electron chi connectivity index (χ1n) is 9.74. The first-order chi connectivity index (χ1) is 14.9. The summed E-state index contributed by atoms with van der Waals surface area (Å²) in [5.74, 6) is -0.0819. The van der Waals surface area contributed by atoms with Crippen LogP contribution >= 0.6 is 11.8 Å². The van der Waals surface area contributed by atoms with Gasteiger partial charge in [-0.25, -0.2) is 14.6 Å². The highest BCUT2D eigenvalue weighted by Gasteiger charge is 2.30. The van der Waals surface area contributed by atoms with Crippen LogP contribution in [0.15, 0.2) is 64.8 Å². The Bertz CT molecular complexity index is 1030. The Morgan fingerprint density at radius 3 is 2.58 bits per heavy atom. The van der Waals surface area contributed by atoms with Crippen LogP contribution in [-0.2, 0) is 15.3 Å². The van der Waals surface area contributed by atoms with Crippen LogP contribution in [-0.4, -0.2) is 35.9 Å². The number of nitrogens with zero attached hydrogens (tertiary/aromatic N) is 1. The van der Waals surface area contributed by atoms with E-state index in [0.29, 0.717) is 27.9 Å². The van der Waals surface area contributed by atoms with E-state index >= 15 is 0 Å². The van der Waals surface area contributed by atoms with Crippen LogP contribution in [0.1, 0.15) is 41.4 Å². The van der Waals surface area contributed by atoms with Crippen molar-refractivity contribution in [2.24, 2.45) is 4.99 Å². The van der Waals surface area contributed by atoms with Gasteiger partial charge < -0.3 is 19.9 Å². The number of aromatic carboxylic acids is 1. The Hall–Kier alpha value is -3.26. The molecule has 2 aromatic carbocycles. The van der Waals surface area contributed by atoms with Gasteiger partial charge in [0.05, 0.1) is 24.9 Å². The molecule has 7 nitrogen and oxygen atoms in total. The second-order valence-electron chi connectivity index (χ2n) is 6.79. The highest BCUT2D eigenvalue weighted by atomic mass is 32.2. The third kappa shape index (κ3) is 5.46. The molecule has 0 unspecified atom stereocenters. The van der Waals surface area contributed by atoms with Gasteiger partial charge in [-0.3, -0.25) is 0 Å². The van der Waals surface area contributed by atoms with E-state index in [4.69, 9.17) is 19.6 Å². The first kappa shape index (κ1) is 22.4. The zero-order valence-corrected chi connectivity index (χ0v) is 18.4. The fraction of sp³-hybridized carbons (Fsp3) is 0.261. The topological polar surface area (TPSA) is 97.2 Å². The molecule has 0 bridgehead atoms. The maximum Gasteiger partial charge on any atom is 0.338 e. The number of nitrogens with one attached hydrogen (secondary N) is 1. The van der Waals surface area contributed by atoms with Gasteiger partial charge >= 0.3 is 11.9 Å². The minimum atomic E-state index is -0.953. The number of benzene rings is 2. The molecule has 162 valence electrons. The Balaban J connectivity index is 1.86. The fourth-order valence-corrected chi connectivity index (χ4v) is 4.04. The molecule has 3 rings (SSSR count). The van der Waals surface area contributed by atoms with Gasteiger partial charge in [0, 0.05) is 11.4 Å². The summed E-state index contributed by atoms with van der Waals surface area (Å²) in [4.78, 5) is 28.4. The Kier molecular flexibility index (Phi) is 7.36. The molecule has 0 saturated carbocycles. The van der Waals surface area contributed by atoms with Crippen molar-refractivity contribution in [1.29, 1.82) is 0 Å². The maximum absolute atomic E-state index is 12.6. The average Bonchev–Trinajstić information content (AvgIpc) is 2.77. The number of hydrogen-bond acceptors (Lipinski definition) is 7. The van der Waals surface area contributed by atoms with Gasteiger partial charge in [-0.2, -0.15) is 0 Å². The summed E-state index contributed by atoms with van der Waals surface area (Å²) in [5.41, 5.74) is 3.19. The number of carboxylic acids is 1. The van der Waals surface area contributed by atoms with Crippen molar-refractivity contribution >= 4 is 28.9 Å². The molecule has 0 fully saturated rings. The SMILES string of the molecule is CCOC(=O)C1=C(C)NC(SCc2ccc(C(=O)O)cc2)=N[C@H]1c1cccc(OC)c1. The predicted octanol–water partition coefficient (Wildman–Crippen LogP) is 4.16. The Morgan fingerprint density at radius 2 is 1.94 bits per heavy atom. The molecule has 0 radical (unpaired) electrons. The van der Waals surface area contributed by atoms with Crippen molar-refractivity contribution in [2.75, 3.05) is 13.7 Å². The van der Waals surface area contributed by atoms with Crippen molar-refractivity contribution in [1.82, 2.24) is 5.32 Å². The van der Waals surface area contributed by atoms with Gasteiger partial charge in [-0.05, 0) is 49.2 Å². The summed E-state index contributed by atoms with van der Waals surface area (Å²) < 4.78 is 10.6. The molecule has 1 aliphatic heterocycles. The summed E-state index contributed by atoms with van der Waals surface area (Å²) in [6.45, 7) is 3.87. The van der Waals surface area contributed by atoms with Crippen LogP contribution in [0.4, 0.5) is 0 Å². The van der Waals surface area contributed by atoms with Crippen LogP contribution in [0.3, 0.4) is 0 Å². The zero-order valence-electron chi connectivity index (χ0n) is 17.5. The number of rotatable bonds is 7. The molecule has 0 aromatic heterocycles. The highest BCUT2D eigenvalue weighted by molar-refractivity contribution is 8.13. The lowest BCUT2D eigenvalue weighted by Crippen LogP contribution is -2.30. The zero-order chi connectivity index (χ0) is 22.4. The van der Waals surface area contributed by atoms with Crippen molar-refractivity contribution in [2.45, 2.75) is 25.6 Å². The molecule has 2 N–H and O–H groups in total. The minimum Gasteiger partial charge on any atom is -0.497 e. The summed E-state index contributed by atoms with van der Waals surface area (Å²) >= 11 is 1.48. The molecule has 1 atom stereocenters. The van der Waals surface area contributed by atoms with Crippen LogP contribution in [0.2, 0.25) is 0 Å². The second-order valence-corrected chi connectivity index (χ2v) is 7.75. The number of amidine groups is 1. The molecule has 0 aliphatic carbocycles. The molecular formula is C23H24N2O5S. The molecule has 0 amide bonds. The van der Waals surface area contributed by atoms with Crippen LogP contribution in [0, 0.1) is 0 Å². The number of allylic oxidation sites excluding steroid dienone is 1. The Labute approximate surface area is 185 Å². The van der Waals surface area contributed by atoms with Gasteiger partial charge in [0.1, 0.15) is 11.8 Å². The summed E-state index contributed by atoms with van der Waals surface area (Å²) in [6, 6.07) is 13.7. The van der Waals surface area contributed by atoms with E-state index in [0.717, 1.165) is 11.1 Å². The van der Waals surface area contributed by atoms with Crippen LogP contribution < -0.4 is 10.1 Å². The first-order valence-corrected chi connectivity index (χ1v) is 10.7. The van der Waals surface area contributed by atoms with Crippen LogP contribution in [0.25, 0.3) is 0 Å². The largest absolute Gasteiger partial charge is 0.497 e. The summed E-state index contributed by atoms with van der Waals surface area (Å²) in [6.07, 6.45) is 0. The molecule has 0 saturated heterocycles. The number of hydrogen-bond donors (Lipinski definition) is 2. The quantitative estimate of drug-likeness (QED) is 0.624. The number of thioether (sulfide) groups is 1. The van der Waals surface area contributed by atoms with Crippen molar-refractivity contribution in [3.63, 3.8) is 0 Å². The lowest BCUT2D eigenvalue weighted by Gasteiger charge is -2.26. The number of carbonyl (C=O) groups excluding carboxylic acids is 1. The van der Waals surface area contributed by atoms with E-state index in [-0.39, 0.29) is 12.2 Å². The summed E-state index contributed by atoms with van der Waals surface area (Å²) in [7, 11) is 1.59. The van der Waals surface area contributed by atoms with Crippen molar-refractivity contribution in [3.8, 4) is 5.75 Å². The van der Waals surface area contributed by atoms with Gasteiger partial charge in [-0.1, -0.05) is 36.0 Å². The van der Waals surface area contributed by atoms with E-state index in [1.165, 1.54) is 11.8 Å². The lowest BCUT2D eigenvalue weighted by atomic mass is 9.96. The molecular weight excluding hydrogens is 416 g/mol. The van der Waals surface area contributed by atoms with E-state index in [1.54, 1.807) is 38.3 Å². The standard InChI is InChI=1S/C23H24N2O5S/c1-4-30-22(28)19-14(2)24-23(25-20(19)17-6-5-7-18(12-17)29-3)31-13-15-8-10-16(11-9-15)21(26)27/h5-12,20H,4,13H2,1-3H3,(H,24,25)(H,26,27)/t20-/m0/s1. The number of ether oxygens (including phenoxy) is 2. The second kappa shape index (κ2) is 10.2.